The zero-order chi connectivity index (χ0) is 16.3. The lowest BCUT2D eigenvalue weighted by molar-refractivity contribution is -0.118. The predicted molar refractivity (Wildman–Crippen MR) is 91.2 cm³/mol. The number of nitrogens with one attached hydrogen (secondary N) is 1. The summed E-state index contributed by atoms with van der Waals surface area (Å²) in [5.41, 5.74) is 4.02. The third-order valence-electron chi connectivity index (χ3n) is 3.19. The number of carbonyl (C=O) groups is 1. The Morgan fingerprint density at radius 1 is 1.09 bits per heavy atom. The zero-order valence-electron chi connectivity index (χ0n) is 12.7. The minimum Gasteiger partial charge on any atom is -0.482 e. The number of halogens is 2. The summed E-state index contributed by atoms with van der Waals surface area (Å²) < 4.78 is 5.43. The van der Waals surface area contributed by atoms with Crippen molar-refractivity contribution in [2.24, 2.45) is 0 Å². The minimum atomic E-state index is -0.244. The lowest BCUT2D eigenvalue weighted by Gasteiger charge is -2.13. The molecule has 0 atom stereocenters. The van der Waals surface area contributed by atoms with Crippen LogP contribution in [-0.2, 0) is 4.79 Å². The first-order chi connectivity index (χ1) is 10.4. The van der Waals surface area contributed by atoms with Gasteiger partial charge in [0, 0.05) is 16.8 Å². The van der Waals surface area contributed by atoms with Crippen LogP contribution in [0, 0.1) is 20.8 Å². The Bertz CT molecular complexity index is 691. The highest BCUT2D eigenvalue weighted by atomic mass is 35.5. The van der Waals surface area contributed by atoms with Crippen LogP contribution in [0.5, 0.6) is 5.75 Å². The van der Waals surface area contributed by atoms with Crippen LogP contribution in [-0.4, -0.2) is 12.5 Å². The maximum absolute atomic E-state index is 12.1. The Hall–Kier alpha value is -1.71. The number of rotatable bonds is 4. The molecule has 0 aliphatic carbocycles. The Balaban J connectivity index is 2.03. The molecule has 2 aromatic carbocycles. The van der Waals surface area contributed by atoms with E-state index in [2.05, 4.69) is 5.32 Å². The number of benzene rings is 2. The van der Waals surface area contributed by atoms with E-state index in [9.17, 15) is 4.79 Å². The van der Waals surface area contributed by atoms with Crippen LogP contribution in [0.1, 0.15) is 16.7 Å². The molecule has 0 heterocycles. The fourth-order valence-electron chi connectivity index (χ4n) is 2.28. The molecule has 0 saturated heterocycles. The molecular weight excluding hydrogens is 321 g/mol. The van der Waals surface area contributed by atoms with Crippen LogP contribution in [0.15, 0.2) is 30.3 Å². The topological polar surface area (TPSA) is 38.3 Å². The van der Waals surface area contributed by atoms with Crippen LogP contribution in [0.4, 0.5) is 5.69 Å². The molecule has 2 rings (SSSR count). The Morgan fingerprint density at radius 3 is 2.36 bits per heavy atom. The Kier molecular flexibility index (Phi) is 5.33. The molecule has 0 aliphatic rings. The number of hydrogen-bond acceptors (Lipinski definition) is 2. The highest BCUT2D eigenvalue weighted by Crippen LogP contribution is 2.28. The van der Waals surface area contributed by atoms with Crippen molar-refractivity contribution in [3.63, 3.8) is 0 Å². The van der Waals surface area contributed by atoms with Gasteiger partial charge in [0.15, 0.2) is 6.61 Å². The molecule has 0 bridgehead atoms. The van der Waals surface area contributed by atoms with Crippen molar-refractivity contribution in [1.82, 2.24) is 0 Å². The number of aryl methyl sites for hydroxylation is 3. The quantitative estimate of drug-likeness (QED) is 0.858. The van der Waals surface area contributed by atoms with E-state index in [-0.39, 0.29) is 12.5 Å². The number of hydrogen-bond donors (Lipinski definition) is 1. The van der Waals surface area contributed by atoms with E-state index in [1.54, 1.807) is 18.2 Å². The molecule has 1 N–H and O–H groups in total. The van der Waals surface area contributed by atoms with Crippen LogP contribution in [0.3, 0.4) is 0 Å². The first kappa shape index (κ1) is 16.7. The highest BCUT2D eigenvalue weighted by Gasteiger charge is 2.10. The monoisotopic (exact) mass is 337 g/mol. The molecule has 2 aromatic rings. The molecule has 0 aromatic heterocycles. The summed E-state index contributed by atoms with van der Waals surface area (Å²) in [7, 11) is 0. The molecule has 0 radical (unpaired) electrons. The molecule has 1 amide bonds. The van der Waals surface area contributed by atoms with Gasteiger partial charge < -0.3 is 10.1 Å². The smallest absolute Gasteiger partial charge is 0.262 e. The van der Waals surface area contributed by atoms with E-state index in [1.807, 2.05) is 32.9 Å². The third kappa shape index (κ3) is 4.15. The summed E-state index contributed by atoms with van der Waals surface area (Å²) in [5, 5.41) is 3.79. The van der Waals surface area contributed by atoms with Gasteiger partial charge in [0.25, 0.3) is 5.91 Å². The fraction of sp³-hybridized carbons (Fsp3) is 0.235. The lowest BCUT2D eigenvalue weighted by Crippen LogP contribution is -2.21. The molecule has 0 aliphatic heterocycles. The molecule has 22 heavy (non-hydrogen) atoms. The van der Waals surface area contributed by atoms with Crippen LogP contribution in [0.25, 0.3) is 0 Å². The summed E-state index contributed by atoms with van der Waals surface area (Å²) in [6.45, 7) is 5.82. The Labute approximate surface area is 140 Å². The molecule has 0 unspecified atom stereocenters. The maximum atomic E-state index is 12.1. The average Bonchev–Trinajstić information content (AvgIpc) is 2.44. The van der Waals surface area contributed by atoms with Crippen molar-refractivity contribution in [3.8, 4) is 5.75 Å². The van der Waals surface area contributed by atoms with Gasteiger partial charge in [0.05, 0.1) is 5.02 Å². The van der Waals surface area contributed by atoms with Crippen LogP contribution in [0.2, 0.25) is 10.0 Å². The predicted octanol–water partition coefficient (Wildman–Crippen LogP) is 4.94. The molecular formula is C17H17Cl2NO2. The SMILES string of the molecule is Cc1cc(C)c(NC(=O)COc2cc(Cl)ccc2Cl)c(C)c1. The highest BCUT2D eigenvalue weighted by molar-refractivity contribution is 6.34. The van der Waals surface area contributed by atoms with E-state index in [4.69, 9.17) is 27.9 Å². The standard InChI is InChI=1S/C17H17Cl2NO2/c1-10-6-11(2)17(12(3)7-10)20-16(21)9-22-15-8-13(18)4-5-14(15)19/h4-8H,9H2,1-3H3,(H,20,21). The van der Waals surface area contributed by atoms with E-state index in [0.717, 1.165) is 22.4 Å². The van der Waals surface area contributed by atoms with E-state index < -0.39 is 0 Å². The molecule has 0 spiro atoms. The zero-order valence-corrected chi connectivity index (χ0v) is 14.2. The summed E-state index contributed by atoms with van der Waals surface area (Å²) >= 11 is 11.9. The molecule has 3 nitrogen and oxygen atoms in total. The van der Waals surface area contributed by atoms with Gasteiger partial charge in [-0.2, -0.15) is 0 Å². The van der Waals surface area contributed by atoms with Gasteiger partial charge in [-0.15, -0.1) is 0 Å². The summed E-state index contributed by atoms with van der Waals surface area (Å²) in [6.07, 6.45) is 0. The van der Waals surface area contributed by atoms with Gasteiger partial charge in [0.2, 0.25) is 0 Å². The Morgan fingerprint density at radius 2 is 1.73 bits per heavy atom. The second kappa shape index (κ2) is 7.03. The van der Waals surface area contributed by atoms with Crippen molar-refractivity contribution < 1.29 is 9.53 Å². The average molecular weight is 338 g/mol. The van der Waals surface area contributed by atoms with Crippen molar-refractivity contribution >= 4 is 34.8 Å². The first-order valence-electron chi connectivity index (χ1n) is 6.82. The van der Waals surface area contributed by atoms with E-state index in [0.29, 0.717) is 15.8 Å². The third-order valence-corrected chi connectivity index (χ3v) is 3.74. The van der Waals surface area contributed by atoms with E-state index in [1.165, 1.54) is 0 Å². The van der Waals surface area contributed by atoms with Gasteiger partial charge in [-0.3, -0.25) is 4.79 Å². The minimum absolute atomic E-state index is 0.132. The summed E-state index contributed by atoms with van der Waals surface area (Å²) in [4.78, 5) is 12.1. The summed E-state index contributed by atoms with van der Waals surface area (Å²) in [5.74, 6) is 0.146. The van der Waals surface area contributed by atoms with Gasteiger partial charge >= 0.3 is 0 Å². The second-order valence-corrected chi connectivity index (χ2v) is 6.03. The summed E-state index contributed by atoms with van der Waals surface area (Å²) in [6, 6.07) is 8.93. The molecule has 116 valence electrons. The van der Waals surface area contributed by atoms with Crippen LogP contribution < -0.4 is 10.1 Å². The molecule has 5 heteroatoms. The van der Waals surface area contributed by atoms with Gasteiger partial charge in [0.1, 0.15) is 5.75 Å². The molecule has 0 fully saturated rings. The number of carbonyl (C=O) groups excluding carboxylic acids is 1. The maximum Gasteiger partial charge on any atom is 0.262 e. The number of ether oxygens (including phenoxy) is 1. The van der Waals surface area contributed by atoms with Gasteiger partial charge in [-0.25, -0.2) is 0 Å². The van der Waals surface area contributed by atoms with Crippen LogP contribution >= 0.6 is 23.2 Å². The number of amides is 1. The number of anilines is 1. The van der Waals surface area contributed by atoms with Crippen molar-refractivity contribution in [2.45, 2.75) is 20.8 Å². The fourth-order valence-corrected chi connectivity index (χ4v) is 2.62. The van der Waals surface area contributed by atoms with Gasteiger partial charge in [-0.1, -0.05) is 40.9 Å². The van der Waals surface area contributed by atoms with Gasteiger partial charge in [-0.05, 0) is 44.0 Å². The second-order valence-electron chi connectivity index (χ2n) is 5.19. The molecule has 0 saturated carbocycles. The largest absolute Gasteiger partial charge is 0.482 e. The first-order valence-corrected chi connectivity index (χ1v) is 7.58. The normalized spacial score (nSPS) is 10.4. The lowest BCUT2D eigenvalue weighted by atomic mass is 10.1. The van der Waals surface area contributed by atoms with Crippen molar-refractivity contribution in [1.29, 1.82) is 0 Å². The van der Waals surface area contributed by atoms with E-state index >= 15 is 0 Å². The van der Waals surface area contributed by atoms with Crippen molar-refractivity contribution in [2.75, 3.05) is 11.9 Å². The van der Waals surface area contributed by atoms with Crippen molar-refractivity contribution in [3.05, 3.63) is 57.1 Å².